The molecule has 1 fully saturated rings. The molecule has 1 aliphatic heterocycles. The predicted octanol–water partition coefficient (Wildman–Crippen LogP) is 1.78. The van der Waals surface area contributed by atoms with Gasteiger partial charge >= 0.3 is 6.09 Å². The van der Waals surface area contributed by atoms with Crippen molar-refractivity contribution in [1.29, 1.82) is 0 Å². The molecule has 0 aliphatic carbocycles. The Hall–Kier alpha value is -2.09. The average Bonchev–Trinajstić information content (AvgIpc) is 2.61. The van der Waals surface area contributed by atoms with E-state index in [0.717, 1.165) is 0 Å². The first kappa shape index (κ1) is 19.2. The molecule has 138 valence electrons. The van der Waals surface area contributed by atoms with Crippen molar-refractivity contribution in [1.82, 2.24) is 9.80 Å². The number of benzene rings is 1. The van der Waals surface area contributed by atoms with Gasteiger partial charge in [0.15, 0.2) is 9.84 Å². The van der Waals surface area contributed by atoms with Crippen LogP contribution in [0.1, 0.15) is 31.1 Å². The molecule has 1 aromatic rings. The van der Waals surface area contributed by atoms with Crippen LogP contribution in [0, 0.1) is 0 Å². The summed E-state index contributed by atoms with van der Waals surface area (Å²) in [7, 11) is -3.55. The Morgan fingerprint density at radius 2 is 1.64 bits per heavy atom. The minimum Gasteiger partial charge on any atom is -0.450 e. The highest BCUT2D eigenvalue weighted by atomic mass is 32.2. The van der Waals surface area contributed by atoms with E-state index in [1.54, 1.807) is 42.7 Å². The maximum atomic E-state index is 12.8. The van der Waals surface area contributed by atoms with E-state index in [4.69, 9.17) is 4.74 Å². The topological polar surface area (TPSA) is 84.0 Å². The summed E-state index contributed by atoms with van der Waals surface area (Å²) in [4.78, 5) is 27.7. The van der Waals surface area contributed by atoms with Gasteiger partial charge in [0, 0.05) is 26.2 Å². The molecule has 0 saturated carbocycles. The fraction of sp³-hybridized carbons (Fsp3) is 0.529. The number of hydrogen-bond donors (Lipinski definition) is 0. The van der Waals surface area contributed by atoms with E-state index in [0.29, 0.717) is 32.8 Å². The van der Waals surface area contributed by atoms with Crippen LogP contribution in [0.2, 0.25) is 0 Å². The van der Waals surface area contributed by atoms with Crippen molar-refractivity contribution in [2.75, 3.05) is 32.8 Å². The molecule has 0 radical (unpaired) electrons. The molecule has 1 heterocycles. The van der Waals surface area contributed by atoms with Crippen LogP contribution in [0.15, 0.2) is 29.2 Å². The molecule has 2 rings (SSSR count). The first-order chi connectivity index (χ1) is 11.8. The summed E-state index contributed by atoms with van der Waals surface area (Å²) in [6, 6.07) is 6.28. The van der Waals surface area contributed by atoms with Gasteiger partial charge in [-0.2, -0.15) is 0 Å². The zero-order valence-electron chi connectivity index (χ0n) is 14.8. The molecule has 0 spiro atoms. The van der Waals surface area contributed by atoms with E-state index in [1.165, 1.54) is 12.1 Å². The van der Waals surface area contributed by atoms with Gasteiger partial charge < -0.3 is 14.5 Å². The molecule has 0 bridgehead atoms. The third kappa shape index (κ3) is 4.12. The van der Waals surface area contributed by atoms with Crippen molar-refractivity contribution >= 4 is 21.8 Å². The van der Waals surface area contributed by atoms with Crippen LogP contribution in [0.5, 0.6) is 0 Å². The second kappa shape index (κ2) is 7.86. The van der Waals surface area contributed by atoms with Crippen molar-refractivity contribution in [3.63, 3.8) is 0 Å². The molecule has 25 heavy (non-hydrogen) atoms. The van der Waals surface area contributed by atoms with Crippen molar-refractivity contribution in [3.05, 3.63) is 29.8 Å². The highest BCUT2D eigenvalue weighted by molar-refractivity contribution is 7.92. The maximum Gasteiger partial charge on any atom is 0.409 e. The fourth-order valence-electron chi connectivity index (χ4n) is 2.62. The first-order valence-corrected chi connectivity index (χ1v) is 9.87. The number of carbonyl (C=O) groups excluding carboxylic acids is 2. The first-order valence-electron chi connectivity index (χ1n) is 8.33. The SMILES string of the molecule is CCOC(=O)N1CCN(C(=O)c2ccccc2S(=O)(=O)C(C)C)CC1. The van der Waals surface area contributed by atoms with Crippen molar-refractivity contribution in [2.24, 2.45) is 0 Å². The summed E-state index contributed by atoms with van der Waals surface area (Å²) in [5.41, 5.74) is 0.181. The summed E-state index contributed by atoms with van der Waals surface area (Å²) in [5, 5.41) is -0.609. The number of hydrogen-bond acceptors (Lipinski definition) is 5. The quantitative estimate of drug-likeness (QED) is 0.809. The standard InChI is InChI=1S/C17H24N2O5S/c1-4-24-17(21)19-11-9-18(10-12-19)16(20)14-7-5-6-8-15(14)25(22,23)13(2)3/h5-8,13H,4,9-12H2,1-3H3. The molecule has 2 amide bonds. The molecule has 0 unspecified atom stereocenters. The third-order valence-electron chi connectivity index (χ3n) is 4.14. The van der Waals surface area contributed by atoms with Gasteiger partial charge in [-0.3, -0.25) is 4.79 Å². The van der Waals surface area contributed by atoms with Gasteiger partial charge in [-0.25, -0.2) is 13.2 Å². The molecule has 7 nitrogen and oxygen atoms in total. The summed E-state index contributed by atoms with van der Waals surface area (Å²) in [6.45, 7) is 6.64. The van der Waals surface area contributed by atoms with Gasteiger partial charge in [-0.15, -0.1) is 0 Å². The Bertz CT molecular complexity index is 737. The highest BCUT2D eigenvalue weighted by Crippen LogP contribution is 2.22. The number of rotatable bonds is 4. The van der Waals surface area contributed by atoms with E-state index >= 15 is 0 Å². The van der Waals surface area contributed by atoms with Crippen LogP contribution in [-0.4, -0.2) is 68.3 Å². The Balaban J connectivity index is 2.17. The van der Waals surface area contributed by atoms with E-state index in [-0.39, 0.29) is 16.4 Å². The van der Waals surface area contributed by atoms with Gasteiger partial charge in [0.05, 0.1) is 22.3 Å². The second-order valence-electron chi connectivity index (χ2n) is 6.07. The second-order valence-corrected chi connectivity index (χ2v) is 8.54. The van der Waals surface area contributed by atoms with Crippen LogP contribution in [-0.2, 0) is 14.6 Å². The summed E-state index contributed by atoms with van der Waals surface area (Å²) >= 11 is 0. The lowest BCUT2D eigenvalue weighted by molar-refractivity contribution is 0.0567. The monoisotopic (exact) mass is 368 g/mol. The molecule has 0 atom stereocenters. The number of nitrogens with zero attached hydrogens (tertiary/aromatic N) is 2. The highest BCUT2D eigenvalue weighted by Gasteiger charge is 2.30. The number of sulfone groups is 1. The Labute approximate surface area is 148 Å². The van der Waals surface area contributed by atoms with Crippen molar-refractivity contribution in [2.45, 2.75) is 30.9 Å². The molecule has 8 heteroatoms. The van der Waals surface area contributed by atoms with E-state index in [1.807, 2.05) is 0 Å². The number of ether oxygens (including phenoxy) is 1. The van der Waals surface area contributed by atoms with E-state index in [2.05, 4.69) is 0 Å². The summed E-state index contributed by atoms with van der Waals surface area (Å²) < 4.78 is 30.0. The molecular weight excluding hydrogens is 344 g/mol. The van der Waals surface area contributed by atoms with Crippen LogP contribution >= 0.6 is 0 Å². The fourth-order valence-corrected chi connectivity index (χ4v) is 3.86. The summed E-state index contributed by atoms with van der Waals surface area (Å²) in [6.07, 6.45) is -0.391. The zero-order valence-corrected chi connectivity index (χ0v) is 15.6. The Kier molecular flexibility index (Phi) is 6.05. The van der Waals surface area contributed by atoms with Crippen molar-refractivity contribution in [3.8, 4) is 0 Å². The van der Waals surface area contributed by atoms with Gasteiger partial charge in [0.2, 0.25) is 0 Å². The molecular formula is C17H24N2O5S. The number of piperazine rings is 1. The lowest BCUT2D eigenvalue weighted by Crippen LogP contribution is -2.50. The molecule has 1 aromatic carbocycles. The molecule has 1 saturated heterocycles. The maximum absolute atomic E-state index is 12.8. The lowest BCUT2D eigenvalue weighted by Gasteiger charge is -2.34. The minimum absolute atomic E-state index is 0.0582. The Morgan fingerprint density at radius 1 is 1.08 bits per heavy atom. The van der Waals surface area contributed by atoms with Gasteiger partial charge in [0.25, 0.3) is 5.91 Å². The van der Waals surface area contributed by atoms with Gasteiger partial charge in [-0.1, -0.05) is 12.1 Å². The van der Waals surface area contributed by atoms with Crippen molar-refractivity contribution < 1.29 is 22.7 Å². The normalized spacial score (nSPS) is 15.4. The summed E-state index contributed by atoms with van der Waals surface area (Å²) in [5.74, 6) is -0.330. The van der Waals surface area contributed by atoms with Crippen LogP contribution < -0.4 is 0 Å². The molecule has 1 aliphatic rings. The zero-order chi connectivity index (χ0) is 18.6. The van der Waals surface area contributed by atoms with Gasteiger partial charge in [0.1, 0.15) is 0 Å². The van der Waals surface area contributed by atoms with Gasteiger partial charge in [-0.05, 0) is 32.9 Å². The van der Waals surface area contributed by atoms with E-state index in [9.17, 15) is 18.0 Å². The molecule has 0 N–H and O–H groups in total. The van der Waals surface area contributed by atoms with Crippen LogP contribution in [0.25, 0.3) is 0 Å². The predicted molar refractivity (Wildman–Crippen MR) is 93.3 cm³/mol. The smallest absolute Gasteiger partial charge is 0.409 e. The van der Waals surface area contributed by atoms with Crippen LogP contribution in [0.4, 0.5) is 4.79 Å². The lowest BCUT2D eigenvalue weighted by atomic mass is 10.2. The van der Waals surface area contributed by atoms with Crippen LogP contribution in [0.3, 0.4) is 0 Å². The average molecular weight is 368 g/mol. The number of amides is 2. The third-order valence-corrected chi connectivity index (χ3v) is 6.35. The minimum atomic E-state index is -3.55. The number of carbonyl (C=O) groups is 2. The Morgan fingerprint density at radius 3 is 2.20 bits per heavy atom. The molecule has 0 aromatic heterocycles. The van der Waals surface area contributed by atoms with E-state index < -0.39 is 21.2 Å². The largest absolute Gasteiger partial charge is 0.450 e.